The number of carbonyl (C=O) groups excluding carboxylic acids is 3. The fourth-order valence-corrected chi connectivity index (χ4v) is 1.88. The molecule has 0 spiro atoms. The van der Waals surface area contributed by atoms with Gasteiger partial charge >= 0.3 is 5.97 Å². The van der Waals surface area contributed by atoms with E-state index in [-0.39, 0.29) is 18.1 Å². The zero-order chi connectivity index (χ0) is 16.7. The lowest BCUT2D eigenvalue weighted by atomic mass is 10.0. The first kappa shape index (κ1) is 18.0. The molecule has 1 rings (SSSR count). The lowest BCUT2D eigenvalue weighted by Crippen LogP contribution is -2.46. The third-order valence-electron chi connectivity index (χ3n) is 2.95. The third-order valence-corrected chi connectivity index (χ3v) is 3.28. The maximum Gasteiger partial charge on any atom is 0.329 e. The molecule has 0 bridgehead atoms. The minimum Gasteiger partial charge on any atom is -0.454 e. The molecule has 0 saturated carbocycles. The number of amides is 2. The Bertz CT molecular complexity index is 560. The Kier molecular flexibility index (Phi) is 6.85. The van der Waals surface area contributed by atoms with Crippen LogP contribution in [0.4, 0.5) is 0 Å². The second-order valence-corrected chi connectivity index (χ2v) is 5.36. The summed E-state index contributed by atoms with van der Waals surface area (Å²) in [6, 6.07) is 5.66. The predicted octanol–water partition coefficient (Wildman–Crippen LogP) is 1.38. The molecule has 7 heteroatoms. The summed E-state index contributed by atoms with van der Waals surface area (Å²) in [5.74, 6) is -1.77. The topological polar surface area (TPSA) is 84.5 Å². The van der Waals surface area contributed by atoms with Crippen LogP contribution in [0.25, 0.3) is 0 Å². The van der Waals surface area contributed by atoms with Crippen LogP contribution in [-0.4, -0.2) is 37.5 Å². The van der Waals surface area contributed by atoms with Crippen LogP contribution in [-0.2, 0) is 14.3 Å². The first-order chi connectivity index (χ1) is 10.4. The van der Waals surface area contributed by atoms with E-state index in [1.165, 1.54) is 7.05 Å². The largest absolute Gasteiger partial charge is 0.454 e. The number of benzene rings is 1. The van der Waals surface area contributed by atoms with Crippen molar-refractivity contribution in [3.05, 3.63) is 34.9 Å². The van der Waals surface area contributed by atoms with Crippen molar-refractivity contribution in [2.24, 2.45) is 5.92 Å². The average molecular weight is 327 g/mol. The summed E-state index contributed by atoms with van der Waals surface area (Å²) in [6.45, 7) is 3.14. The van der Waals surface area contributed by atoms with Crippen LogP contribution < -0.4 is 10.6 Å². The normalized spacial score (nSPS) is 11.7. The van der Waals surface area contributed by atoms with Crippen LogP contribution in [0, 0.1) is 5.92 Å². The highest BCUT2D eigenvalue weighted by atomic mass is 35.5. The molecular weight excluding hydrogens is 308 g/mol. The zero-order valence-electron chi connectivity index (χ0n) is 12.7. The van der Waals surface area contributed by atoms with Crippen molar-refractivity contribution in [1.29, 1.82) is 0 Å². The number of ether oxygens (including phenoxy) is 1. The van der Waals surface area contributed by atoms with Gasteiger partial charge in [-0.05, 0) is 18.1 Å². The summed E-state index contributed by atoms with van der Waals surface area (Å²) < 4.78 is 4.89. The SMILES string of the molecule is CNC(=O)COC(=O)C(NC(=O)c1ccccc1Cl)C(C)C. The van der Waals surface area contributed by atoms with Crippen molar-refractivity contribution in [1.82, 2.24) is 10.6 Å². The van der Waals surface area contributed by atoms with Gasteiger partial charge in [-0.3, -0.25) is 9.59 Å². The number of carbonyl (C=O) groups is 3. The summed E-state index contributed by atoms with van der Waals surface area (Å²) in [5.41, 5.74) is 0.272. The van der Waals surface area contributed by atoms with Crippen molar-refractivity contribution in [3.63, 3.8) is 0 Å². The molecule has 0 fully saturated rings. The number of rotatable bonds is 6. The third kappa shape index (κ3) is 5.04. The highest BCUT2D eigenvalue weighted by Crippen LogP contribution is 2.15. The minimum atomic E-state index is -0.867. The fraction of sp³-hybridized carbons (Fsp3) is 0.400. The van der Waals surface area contributed by atoms with Crippen LogP contribution in [0.1, 0.15) is 24.2 Å². The number of hydrogen-bond acceptors (Lipinski definition) is 4. The van der Waals surface area contributed by atoms with Gasteiger partial charge in [0.15, 0.2) is 6.61 Å². The molecular formula is C15H19ClN2O4. The Morgan fingerprint density at radius 3 is 2.41 bits per heavy atom. The van der Waals surface area contributed by atoms with Gasteiger partial charge < -0.3 is 15.4 Å². The average Bonchev–Trinajstić information content (AvgIpc) is 2.49. The number of esters is 1. The Labute approximate surface area is 134 Å². The highest BCUT2D eigenvalue weighted by molar-refractivity contribution is 6.33. The maximum atomic E-state index is 12.2. The van der Waals surface area contributed by atoms with Crippen molar-refractivity contribution < 1.29 is 19.1 Å². The van der Waals surface area contributed by atoms with Crippen molar-refractivity contribution in [2.75, 3.05) is 13.7 Å². The van der Waals surface area contributed by atoms with E-state index >= 15 is 0 Å². The summed E-state index contributed by atoms with van der Waals surface area (Å²) in [7, 11) is 1.44. The van der Waals surface area contributed by atoms with Crippen LogP contribution in [0.3, 0.4) is 0 Å². The van der Waals surface area contributed by atoms with E-state index in [1.807, 2.05) is 0 Å². The molecule has 1 atom stereocenters. The van der Waals surface area contributed by atoms with E-state index in [4.69, 9.17) is 16.3 Å². The smallest absolute Gasteiger partial charge is 0.329 e. The van der Waals surface area contributed by atoms with E-state index in [0.29, 0.717) is 5.02 Å². The van der Waals surface area contributed by atoms with Crippen molar-refractivity contribution in [3.8, 4) is 0 Å². The molecule has 22 heavy (non-hydrogen) atoms. The number of likely N-dealkylation sites (N-methyl/N-ethyl adjacent to an activating group) is 1. The lowest BCUT2D eigenvalue weighted by Gasteiger charge is -2.21. The Morgan fingerprint density at radius 1 is 1.23 bits per heavy atom. The second kappa shape index (κ2) is 8.38. The standard InChI is InChI=1S/C15H19ClN2O4/c1-9(2)13(15(21)22-8-12(19)17-3)18-14(20)10-6-4-5-7-11(10)16/h4-7,9,13H,8H2,1-3H3,(H,17,19)(H,18,20). The first-order valence-corrected chi connectivity index (χ1v) is 7.17. The maximum absolute atomic E-state index is 12.2. The predicted molar refractivity (Wildman–Crippen MR) is 82.6 cm³/mol. The van der Waals surface area contributed by atoms with Gasteiger partial charge in [-0.15, -0.1) is 0 Å². The molecule has 2 amide bonds. The summed E-state index contributed by atoms with van der Waals surface area (Å²) in [5, 5.41) is 5.22. The van der Waals surface area contributed by atoms with E-state index in [2.05, 4.69) is 10.6 Å². The fourth-order valence-electron chi connectivity index (χ4n) is 1.66. The van der Waals surface area contributed by atoms with Crippen LogP contribution in [0.5, 0.6) is 0 Å². The molecule has 0 radical (unpaired) electrons. The van der Waals surface area contributed by atoms with Gasteiger partial charge in [0, 0.05) is 7.05 Å². The van der Waals surface area contributed by atoms with E-state index in [9.17, 15) is 14.4 Å². The monoisotopic (exact) mass is 326 g/mol. The van der Waals surface area contributed by atoms with Crippen LogP contribution in [0.2, 0.25) is 5.02 Å². The van der Waals surface area contributed by atoms with Gasteiger partial charge in [0.2, 0.25) is 0 Å². The summed E-state index contributed by atoms with van der Waals surface area (Å²) in [6.07, 6.45) is 0. The molecule has 0 heterocycles. The molecule has 1 aromatic carbocycles. The number of halogens is 1. The van der Waals surface area contributed by atoms with Crippen LogP contribution in [0.15, 0.2) is 24.3 Å². The van der Waals surface area contributed by atoms with Gasteiger partial charge in [0.05, 0.1) is 10.6 Å². The highest BCUT2D eigenvalue weighted by Gasteiger charge is 2.27. The molecule has 0 saturated heterocycles. The van der Waals surface area contributed by atoms with Crippen LogP contribution >= 0.6 is 11.6 Å². The molecule has 1 unspecified atom stereocenters. The number of hydrogen-bond donors (Lipinski definition) is 2. The molecule has 0 aliphatic heterocycles. The van der Waals surface area contributed by atoms with E-state index < -0.39 is 23.8 Å². The second-order valence-electron chi connectivity index (χ2n) is 4.96. The zero-order valence-corrected chi connectivity index (χ0v) is 13.4. The molecule has 2 N–H and O–H groups in total. The minimum absolute atomic E-state index is 0.205. The molecule has 6 nitrogen and oxygen atoms in total. The van der Waals surface area contributed by atoms with Gasteiger partial charge in [0.25, 0.3) is 11.8 Å². The van der Waals surface area contributed by atoms with Crippen molar-refractivity contribution in [2.45, 2.75) is 19.9 Å². The molecule has 0 aliphatic carbocycles. The molecule has 120 valence electrons. The lowest BCUT2D eigenvalue weighted by molar-refractivity contribution is -0.151. The van der Waals surface area contributed by atoms with Gasteiger partial charge in [-0.1, -0.05) is 37.6 Å². The van der Waals surface area contributed by atoms with Gasteiger partial charge in [-0.25, -0.2) is 4.79 Å². The molecule has 1 aromatic rings. The number of nitrogens with one attached hydrogen (secondary N) is 2. The summed E-state index contributed by atoms with van der Waals surface area (Å²) in [4.78, 5) is 35.3. The summed E-state index contributed by atoms with van der Waals surface area (Å²) >= 11 is 5.95. The van der Waals surface area contributed by atoms with Gasteiger partial charge in [-0.2, -0.15) is 0 Å². The Balaban J connectivity index is 2.76. The van der Waals surface area contributed by atoms with E-state index in [1.54, 1.807) is 38.1 Å². The van der Waals surface area contributed by atoms with Gasteiger partial charge in [0.1, 0.15) is 6.04 Å². The first-order valence-electron chi connectivity index (χ1n) is 6.79. The Morgan fingerprint density at radius 2 is 1.86 bits per heavy atom. The Hall–Kier alpha value is -2.08. The molecule has 0 aliphatic rings. The van der Waals surface area contributed by atoms with E-state index in [0.717, 1.165) is 0 Å². The van der Waals surface area contributed by atoms with Crippen molar-refractivity contribution >= 4 is 29.4 Å². The molecule has 0 aromatic heterocycles. The quantitative estimate of drug-likeness (QED) is 0.774.